The third kappa shape index (κ3) is 4.80. The van der Waals surface area contributed by atoms with Crippen molar-refractivity contribution >= 4 is 5.91 Å². The molecular formula is C11H19N3O. The fourth-order valence-corrected chi connectivity index (χ4v) is 1.90. The molecule has 1 saturated heterocycles. The van der Waals surface area contributed by atoms with Crippen molar-refractivity contribution in [3.8, 4) is 6.07 Å². The molecule has 0 aromatic rings. The monoisotopic (exact) mass is 209 g/mol. The Morgan fingerprint density at radius 1 is 1.53 bits per heavy atom. The SMILES string of the molecule is CN1CCC(CCNC(=O)CC#N)CC1. The molecule has 4 nitrogen and oxygen atoms in total. The summed E-state index contributed by atoms with van der Waals surface area (Å²) in [6.07, 6.45) is 3.48. The highest BCUT2D eigenvalue weighted by Crippen LogP contribution is 2.18. The van der Waals surface area contributed by atoms with E-state index in [1.54, 1.807) is 0 Å². The molecule has 1 aliphatic heterocycles. The average Bonchev–Trinajstić information content (AvgIpc) is 2.21. The lowest BCUT2D eigenvalue weighted by atomic mass is 9.94. The van der Waals surface area contributed by atoms with Crippen LogP contribution < -0.4 is 5.32 Å². The van der Waals surface area contributed by atoms with Crippen molar-refractivity contribution in [2.24, 2.45) is 5.92 Å². The summed E-state index contributed by atoms with van der Waals surface area (Å²) in [5, 5.41) is 11.1. The van der Waals surface area contributed by atoms with E-state index < -0.39 is 0 Å². The lowest BCUT2D eigenvalue weighted by Crippen LogP contribution is -2.32. The van der Waals surface area contributed by atoms with E-state index in [1.807, 2.05) is 6.07 Å². The van der Waals surface area contributed by atoms with Crippen LogP contribution in [-0.2, 0) is 4.79 Å². The van der Waals surface area contributed by atoms with Crippen LogP contribution in [0.25, 0.3) is 0 Å². The van der Waals surface area contributed by atoms with Gasteiger partial charge in [0.05, 0.1) is 6.07 Å². The zero-order valence-electron chi connectivity index (χ0n) is 9.33. The molecule has 0 aromatic carbocycles. The molecule has 1 N–H and O–H groups in total. The molecule has 0 aromatic heterocycles. The van der Waals surface area contributed by atoms with Gasteiger partial charge < -0.3 is 10.2 Å². The quantitative estimate of drug-likeness (QED) is 0.743. The molecule has 15 heavy (non-hydrogen) atoms. The number of carbonyl (C=O) groups is 1. The van der Waals surface area contributed by atoms with Crippen molar-refractivity contribution in [3.63, 3.8) is 0 Å². The molecule has 0 unspecified atom stereocenters. The summed E-state index contributed by atoms with van der Waals surface area (Å²) in [6, 6.07) is 1.84. The second kappa shape index (κ2) is 6.41. The van der Waals surface area contributed by atoms with Crippen molar-refractivity contribution in [3.05, 3.63) is 0 Å². The van der Waals surface area contributed by atoms with Crippen molar-refractivity contribution in [2.45, 2.75) is 25.7 Å². The Balaban J connectivity index is 2.05. The minimum atomic E-state index is -0.148. The molecule has 1 amide bonds. The molecule has 0 radical (unpaired) electrons. The number of hydrogen-bond donors (Lipinski definition) is 1. The lowest BCUT2D eigenvalue weighted by molar-refractivity contribution is -0.120. The summed E-state index contributed by atoms with van der Waals surface area (Å²) in [5.74, 6) is 0.592. The number of likely N-dealkylation sites (tertiary alicyclic amines) is 1. The van der Waals surface area contributed by atoms with E-state index in [-0.39, 0.29) is 12.3 Å². The number of rotatable bonds is 4. The molecule has 1 heterocycles. The first kappa shape index (κ1) is 12.0. The first-order valence-corrected chi connectivity index (χ1v) is 5.54. The van der Waals surface area contributed by atoms with Crippen LogP contribution in [0.1, 0.15) is 25.7 Å². The molecule has 0 spiro atoms. The number of nitrogens with one attached hydrogen (secondary N) is 1. The number of carbonyl (C=O) groups excluding carboxylic acids is 1. The van der Waals surface area contributed by atoms with Crippen molar-refractivity contribution < 1.29 is 4.79 Å². The Labute approximate surface area is 91.2 Å². The topological polar surface area (TPSA) is 56.1 Å². The highest BCUT2D eigenvalue weighted by Gasteiger charge is 2.16. The standard InChI is InChI=1S/C11H19N3O/c1-14-8-4-10(5-9-14)3-7-13-11(15)2-6-12/h10H,2-5,7-9H2,1H3,(H,13,15). The second-order valence-corrected chi connectivity index (χ2v) is 4.22. The van der Waals surface area contributed by atoms with Crippen LogP contribution >= 0.6 is 0 Å². The molecule has 0 aliphatic carbocycles. The molecule has 0 bridgehead atoms. The van der Waals surface area contributed by atoms with Gasteiger partial charge in [0.15, 0.2) is 0 Å². The number of nitriles is 1. The predicted molar refractivity (Wildman–Crippen MR) is 58.1 cm³/mol. The smallest absolute Gasteiger partial charge is 0.234 e. The first-order valence-electron chi connectivity index (χ1n) is 5.54. The predicted octanol–water partition coefficient (Wildman–Crippen LogP) is 0.748. The van der Waals surface area contributed by atoms with Crippen LogP contribution in [0.15, 0.2) is 0 Å². The zero-order chi connectivity index (χ0) is 11.1. The summed E-state index contributed by atoms with van der Waals surface area (Å²) in [6.45, 7) is 3.04. The average molecular weight is 209 g/mol. The van der Waals surface area contributed by atoms with E-state index >= 15 is 0 Å². The third-order valence-corrected chi connectivity index (χ3v) is 2.95. The Hall–Kier alpha value is -1.08. The van der Waals surface area contributed by atoms with Gasteiger partial charge in [0.2, 0.25) is 5.91 Å². The Morgan fingerprint density at radius 2 is 2.20 bits per heavy atom. The summed E-state index contributed by atoms with van der Waals surface area (Å²) < 4.78 is 0. The van der Waals surface area contributed by atoms with Gasteiger partial charge in [-0.3, -0.25) is 4.79 Å². The fraction of sp³-hybridized carbons (Fsp3) is 0.818. The minimum absolute atomic E-state index is 0.0204. The van der Waals surface area contributed by atoms with Crippen LogP contribution in [0.4, 0.5) is 0 Å². The summed E-state index contributed by atoms with van der Waals surface area (Å²) >= 11 is 0. The summed E-state index contributed by atoms with van der Waals surface area (Å²) in [4.78, 5) is 13.3. The van der Waals surface area contributed by atoms with Crippen LogP contribution in [0.5, 0.6) is 0 Å². The van der Waals surface area contributed by atoms with Gasteiger partial charge in [-0.15, -0.1) is 0 Å². The molecule has 84 valence electrons. The molecule has 1 aliphatic rings. The minimum Gasteiger partial charge on any atom is -0.355 e. The van der Waals surface area contributed by atoms with Crippen molar-refractivity contribution in [1.82, 2.24) is 10.2 Å². The molecule has 0 atom stereocenters. The molecule has 1 fully saturated rings. The van der Waals surface area contributed by atoms with Crippen LogP contribution in [0.2, 0.25) is 0 Å². The number of amides is 1. The molecular weight excluding hydrogens is 190 g/mol. The highest BCUT2D eigenvalue weighted by molar-refractivity contribution is 5.77. The fourth-order valence-electron chi connectivity index (χ4n) is 1.90. The van der Waals surface area contributed by atoms with Gasteiger partial charge in [0, 0.05) is 6.54 Å². The van der Waals surface area contributed by atoms with Gasteiger partial charge >= 0.3 is 0 Å². The molecule has 0 saturated carbocycles. The Morgan fingerprint density at radius 3 is 2.80 bits per heavy atom. The van der Waals surface area contributed by atoms with Crippen molar-refractivity contribution in [2.75, 3.05) is 26.7 Å². The zero-order valence-corrected chi connectivity index (χ0v) is 9.33. The molecule has 4 heteroatoms. The van der Waals surface area contributed by atoms with Gasteiger partial charge in [-0.25, -0.2) is 0 Å². The first-order chi connectivity index (χ1) is 7.22. The largest absolute Gasteiger partial charge is 0.355 e. The van der Waals surface area contributed by atoms with Crippen molar-refractivity contribution in [1.29, 1.82) is 5.26 Å². The van der Waals surface area contributed by atoms with E-state index in [2.05, 4.69) is 17.3 Å². The third-order valence-electron chi connectivity index (χ3n) is 2.95. The van der Waals surface area contributed by atoms with E-state index in [0.29, 0.717) is 0 Å². The van der Waals surface area contributed by atoms with Crippen LogP contribution in [0.3, 0.4) is 0 Å². The van der Waals surface area contributed by atoms with Gasteiger partial charge in [0.1, 0.15) is 6.42 Å². The highest BCUT2D eigenvalue weighted by atomic mass is 16.1. The maximum atomic E-state index is 11.0. The number of hydrogen-bond acceptors (Lipinski definition) is 3. The van der Waals surface area contributed by atoms with Gasteiger partial charge in [-0.1, -0.05) is 0 Å². The Kier molecular flexibility index (Phi) is 5.13. The van der Waals surface area contributed by atoms with Crippen LogP contribution in [0, 0.1) is 17.2 Å². The van der Waals surface area contributed by atoms with E-state index in [0.717, 1.165) is 32.0 Å². The summed E-state index contributed by atoms with van der Waals surface area (Å²) in [7, 11) is 2.14. The van der Waals surface area contributed by atoms with E-state index in [9.17, 15) is 4.79 Å². The van der Waals surface area contributed by atoms with Gasteiger partial charge in [-0.05, 0) is 45.3 Å². The van der Waals surface area contributed by atoms with E-state index in [1.165, 1.54) is 12.8 Å². The number of nitrogens with zero attached hydrogens (tertiary/aromatic N) is 2. The lowest BCUT2D eigenvalue weighted by Gasteiger charge is -2.28. The van der Waals surface area contributed by atoms with E-state index in [4.69, 9.17) is 5.26 Å². The maximum Gasteiger partial charge on any atom is 0.234 e. The normalized spacial score (nSPS) is 18.4. The van der Waals surface area contributed by atoms with Crippen LogP contribution in [-0.4, -0.2) is 37.5 Å². The summed E-state index contributed by atoms with van der Waals surface area (Å²) in [5.41, 5.74) is 0. The molecule has 1 rings (SSSR count). The Bertz CT molecular complexity index is 239. The number of piperidine rings is 1. The van der Waals surface area contributed by atoms with Gasteiger partial charge in [-0.2, -0.15) is 5.26 Å². The van der Waals surface area contributed by atoms with Gasteiger partial charge in [0.25, 0.3) is 0 Å². The second-order valence-electron chi connectivity index (χ2n) is 4.22. The maximum absolute atomic E-state index is 11.0.